The Labute approximate surface area is 94.9 Å². The molecule has 6 bridgehead atoms. The molecule has 2 aliphatic heterocycles. The van der Waals surface area contributed by atoms with Gasteiger partial charge in [0, 0.05) is 0 Å². The molecule has 0 aromatic heterocycles. The van der Waals surface area contributed by atoms with Crippen molar-refractivity contribution in [2.45, 2.75) is 49.4 Å². The van der Waals surface area contributed by atoms with E-state index < -0.39 is 5.06 Å². The second-order valence-electron chi connectivity index (χ2n) is 5.95. The summed E-state index contributed by atoms with van der Waals surface area (Å²) in [5, 5.41) is 9.92. The zero-order chi connectivity index (χ0) is 10.2. The highest BCUT2D eigenvalue weighted by Gasteiger charge is 2.64. The maximum Gasteiger partial charge on any atom is 0.142 e. The van der Waals surface area contributed by atoms with E-state index in [4.69, 9.17) is 16.3 Å². The Morgan fingerprint density at radius 3 is 2.27 bits per heavy atom. The van der Waals surface area contributed by atoms with E-state index in [0.29, 0.717) is 29.8 Å². The maximum absolute atomic E-state index is 10.3. The van der Waals surface area contributed by atoms with E-state index in [2.05, 4.69) is 0 Å². The molecule has 1 N–H and O–H groups in total. The van der Waals surface area contributed by atoms with Gasteiger partial charge >= 0.3 is 0 Å². The SMILES string of the molecule is OC1C2CC3(Cl)CC1C1CCCC2C1O3. The molecule has 2 heterocycles. The molecule has 0 spiro atoms. The molecule has 5 aliphatic rings. The minimum atomic E-state index is -0.413. The summed E-state index contributed by atoms with van der Waals surface area (Å²) in [7, 11) is 0. The largest absolute Gasteiger partial charge is 0.393 e. The number of rotatable bonds is 0. The van der Waals surface area contributed by atoms with Gasteiger partial charge in [0.25, 0.3) is 0 Å². The van der Waals surface area contributed by atoms with Crippen LogP contribution in [0.25, 0.3) is 0 Å². The van der Waals surface area contributed by atoms with E-state index in [1.807, 2.05) is 0 Å². The first-order valence-corrected chi connectivity index (χ1v) is 6.61. The Hall–Kier alpha value is 0.210. The van der Waals surface area contributed by atoms with Gasteiger partial charge in [-0.2, -0.15) is 0 Å². The van der Waals surface area contributed by atoms with Crippen molar-refractivity contribution in [1.82, 2.24) is 0 Å². The number of hydrogen-bond donors (Lipinski definition) is 1. The van der Waals surface area contributed by atoms with Crippen LogP contribution in [0.1, 0.15) is 32.1 Å². The van der Waals surface area contributed by atoms with Gasteiger partial charge in [0.15, 0.2) is 0 Å². The van der Waals surface area contributed by atoms with Crippen LogP contribution in [0.3, 0.4) is 0 Å². The minimum absolute atomic E-state index is 0.0904. The van der Waals surface area contributed by atoms with Crippen molar-refractivity contribution in [3.8, 4) is 0 Å². The van der Waals surface area contributed by atoms with E-state index in [1.165, 1.54) is 19.3 Å². The van der Waals surface area contributed by atoms with Gasteiger partial charge in [0.1, 0.15) is 5.06 Å². The van der Waals surface area contributed by atoms with Crippen LogP contribution in [0.4, 0.5) is 0 Å². The molecule has 3 heteroatoms. The van der Waals surface area contributed by atoms with Gasteiger partial charge < -0.3 is 9.84 Å². The lowest BCUT2D eigenvalue weighted by atomic mass is 9.52. The molecule has 15 heavy (non-hydrogen) atoms. The van der Waals surface area contributed by atoms with Crippen molar-refractivity contribution >= 4 is 11.6 Å². The van der Waals surface area contributed by atoms with Crippen molar-refractivity contribution < 1.29 is 9.84 Å². The summed E-state index contributed by atoms with van der Waals surface area (Å²) in [5.74, 6) is 2.05. The van der Waals surface area contributed by atoms with Gasteiger partial charge in [-0.05, 0) is 49.4 Å². The smallest absolute Gasteiger partial charge is 0.142 e. The fourth-order valence-electron chi connectivity index (χ4n) is 4.82. The molecule has 0 aromatic rings. The number of halogens is 1. The lowest BCUT2D eigenvalue weighted by Crippen LogP contribution is -2.67. The van der Waals surface area contributed by atoms with Crippen LogP contribution in [0.15, 0.2) is 0 Å². The van der Waals surface area contributed by atoms with Crippen LogP contribution in [-0.2, 0) is 4.74 Å². The molecule has 3 aliphatic carbocycles. The number of hydrogen-bond acceptors (Lipinski definition) is 2. The molecule has 4 atom stereocenters. The molecule has 2 saturated heterocycles. The molecule has 0 radical (unpaired) electrons. The number of ether oxygens (including phenoxy) is 1. The molecule has 5 rings (SSSR count). The summed E-state index contributed by atoms with van der Waals surface area (Å²) in [4.78, 5) is 0. The van der Waals surface area contributed by atoms with E-state index >= 15 is 0 Å². The topological polar surface area (TPSA) is 29.5 Å². The minimum Gasteiger partial charge on any atom is -0.393 e. The third-order valence-electron chi connectivity index (χ3n) is 5.32. The monoisotopic (exact) mass is 228 g/mol. The standard InChI is InChI=1S/C12H17ClO2/c13-12-4-8-6-2-1-3-7(11(6)15-12)9(5-12)10(8)14/h6-11,14H,1-5H2. The summed E-state index contributed by atoms with van der Waals surface area (Å²) >= 11 is 6.47. The fourth-order valence-corrected chi connectivity index (χ4v) is 5.28. The Balaban J connectivity index is 1.80. The third-order valence-corrected chi connectivity index (χ3v) is 5.72. The van der Waals surface area contributed by atoms with Crippen molar-refractivity contribution in [2.75, 3.05) is 0 Å². The van der Waals surface area contributed by atoms with Crippen LogP contribution in [0, 0.1) is 23.7 Å². The van der Waals surface area contributed by atoms with Crippen LogP contribution in [0.2, 0.25) is 0 Å². The first-order chi connectivity index (χ1) is 7.18. The zero-order valence-corrected chi connectivity index (χ0v) is 9.49. The van der Waals surface area contributed by atoms with Crippen molar-refractivity contribution in [2.24, 2.45) is 23.7 Å². The predicted molar refractivity (Wildman–Crippen MR) is 56.5 cm³/mol. The van der Waals surface area contributed by atoms with Gasteiger partial charge in [0.05, 0.1) is 12.2 Å². The van der Waals surface area contributed by atoms with Gasteiger partial charge in [-0.25, -0.2) is 0 Å². The quantitative estimate of drug-likeness (QED) is 0.644. The second kappa shape index (κ2) is 2.72. The van der Waals surface area contributed by atoms with Gasteiger partial charge in [-0.1, -0.05) is 18.0 Å². The highest BCUT2D eigenvalue weighted by Crippen LogP contribution is 2.62. The van der Waals surface area contributed by atoms with Crippen LogP contribution < -0.4 is 0 Å². The summed E-state index contributed by atoms with van der Waals surface area (Å²) in [6, 6.07) is 0. The fraction of sp³-hybridized carbons (Fsp3) is 1.00. The average Bonchev–Trinajstić information content (AvgIpc) is 2.22. The molecule has 3 saturated carbocycles. The molecule has 2 nitrogen and oxygen atoms in total. The van der Waals surface area contributed by atoms with Crippen molar-refractivity contribution in [3.63, 3.8) is 0 Å². The molecular formula is C12H17ClO2. The lowest BCUT2D eigenvalue weighted by molar-refractivity contribution is -0.285. The van der Waals surface area contributed by atoms with E-state index in [1.54, 1.807) is 0 Å². The third kappa shape index (κ3) is 1.04. The molecule has 0 amide bonds. The summed E-state index contributed by atoms with van der Waals surface area (Å²) in [6.45, 7) is 0. The molecule has 5 fully saturated rings. The van der Waals surface area contributed by atoms with Crippen LogP contribution >= 0.6 is 11.6 Å². The Bertz CT molecular complexity index is 268. The van der Waals surface area contributed by atoms with Crippen LogP contribution in [-0.4, -0.2) is 22.4 Å². The van der Waals surface area contributed by atoms with Crippen molar-refractivity contribution in [3.05, 3.63) is 0 Å². The molecule has 4 unspecified atom stereocenters. The Morgan fingerprint density at radius 1 is 1.07 bits per heavy atom. The normalized spacial score (nSPS) is 66.0. The summed E-state index contributed by atoms with van der Waals surface area (Å²) in [5.41, 5.74) is 0. The molecule has 0 aromatic carbocycles. The number of aliphatic hydroxyl groups is 1. The van der Waals surface area contributed by atoms with Gasteiger partial charge in [-0.15, -0.1) is 0 Å². The van der Waals surface area contributed by atoms with E-state index in [-0.39, 0.29) is 6.10 Å². The maximum atomic E-state index is 10.3. The summed E-state index contributed by atoms with van der Waals surface area (Å²) < 4.78 is 6.08. The molecule has 84 valence electrons. The van der Waals surface area contributed by atoms with Crippen molar-refractivity contribution in [1.29, 1.82) is 0 Å². The van der Waals surface area contributed by atoms with E-state index in [0.717, 1.165) is 12.8 Å². The first kappa shape index (κ1) is 9.26. The highest BCUT2D eigenvalue weighted by atomic mass is 35.5. The highest BCUT2D eigenvalue weighted by molar-refractivity contribution is 6.23. The first-order valence-electron chi connectivity index (χ1n) is 6.23. The number of alkyl halides is 1. The van der Waals surface area contributed by atoms with Crippen LogP contribution in [0.5, 0.6) is 0 Å². The Kier molecular flexibility index (Phi) is 1.68. The van der Waals surface area contributed by atoms with E-state index in [9.17, 15) is 5.11 Å². The van der Waals surface area contributed by atoms with Gasteiger partial charge in [-0.3, -0.25) is 0 Å². The van der Waals surface area contributed by atoms with Gasteiger partial charge in [0.2, 0.25) is 0 Å². The lowest BCUT2D eigenvalue weighted by Gasteiger charge is -2.64. The molecular weight excluding hydrogens is 212 g/mol. The summed E-state index contributed by atoms with van der Waals surface area (Å²) in [6.07, 6.45) is 5.83. The zero-order valence-electron chi connectivity index (χ0n) is 8.73. The second-order valence-corrected chi connectivity index (χ2v) is 6.64. The predicted octanol–water partition coefficient (Wildman–Crippen LogP) is 2.14. The Morgan fingerprint density at radius 2 is 1.67 bits per heavy atom. The average molecular weight is 229 g/mol. The number of aliphatic hydroxyl groups excluding tert-OH is 1.